The van der Waals surface area contributed by atoms with Crippen molar-refractivity contribution in [3.8, 4) is 11.5 Å². The zero-order chi connectivity index (χ0) is 33.5. The summed E-state index contributed by atoms with van der Waals surface area (Å²) in [7, 11) is 1.54. The van der Waals surface area contributed by atoms with Gasteiger partial charge in [-0.1, -0.05) is 48.5 Å². The fraction of sp³-hybridized carbons (Fsp3) is 0.143. The third-order valence-corrected chi connectivity index (χ3v) is 7.94. The van der Waals surface area contributed by atoms with Crippen LogP contribution in [0.3, 0.4) is 0 Å². The van der Waals surface area contributed by atoms with Gasteiger partial charge in [0.2, 0.25) is 0 Å². The predicted molar refractivity (Wildman–Crippen MR) is 164 cm³/mol. The van der Waals surface area contributed by atoms with Crippen molar-refractivity contribution < 1.29 is 41.3 Å². The number of carbonyl (C=O) groups excluding carboxylic acids is 1. The average molecular weight is 649 g/mol. The molecule has 0 radical (unpaired) electrons. The molecule has 0 aliphatic heterocycles. The molecule has 0 aliphatic carbocycles. The summed E-state index contributed by atoms with van der Waals surface area (Å²) in [5, 5.41) is 12.7. The molecular weight excluding hydrogens is 623 g/mol. The number of aromatic nitrogens is 2. The minimum absolute atomic E-state index is 0.0302. The number of para-hydroxylation sites is 2. The molecule has 2 N–H and O–H groups in total. The molecule has 0 aliphatic rings. The van der Waals surface area contributed by atoms with Crippen molar-refractivity contribution in [2.75, 3.05) is 6.61 Å². The highest BCUT2D eigenvalue weighted by molar-refractivity contribution is 5.90. The highest BCUT2D eigenvalue weighted by Gasteiger charge is 2.33. The van der Waals surface area contributed by atoms with Crippen LogP contribution in [0.1, 0.15) is 38.7 Å². The summed E-state index contributed by atoms with van der Waals surface area (Å²) in [5.74, 6) is -5.49. The van der Waals surface area contributed by atoms with Crippen molar-refractivity contribution in [1.82, 2.24) is 9.55 Å². The minimum atomic E-state index is -4.93. The van der Waals surface area contributed by atoms with Gasteiger partial charge in [-0.25, -0.2) is 13.6 Å². The highest BCUT2D eigenvalue weighted by atomic mass is 19.4. The summed E-state index contributed by atoms with van der Waals surface area (Å²) in [6, 6.07) is 21.9. The van der Waals surface area contributed by atoms with E-state index in [0.717, 1.165) is 24.3 Å². The number of nitrogens with one attached hydrogen (secondary N) is 1. The monoisotopic (exact) mass is 648 g/mol. The van der Waals surface area contributed by atoms with E-state index in [4.69, 9.17) is 4.74 Å². The van der Waals surface area contributed by atoms with Crippen molar-refractivity contribution in [2.45, 2.75) is 18.7 Å². The van der Waals surface area contributed by atoms with Gasteiger partial charge in [0, 0.05) is 35.5 Å². The van der Waals surface area contributed by atoms with E-state index in [1.165, 1.54) is 22.8 Å². The molecule has 0 amide bonds. The number of H-pyrrole nitrogens is 1. The van der Waals surface area contributed by atoms with E-state index < -0.39 is 46.8 Å². The average Bonchev–Trinajstić information content (AvgIpc) is 3.41. The molecule has 47 heavy (non-hydrogen) atoms. The summed E-state index contributed by atoms with van der Waals surface area (Å²) < 4.78 is 77.5. The topological polar surface area (TPSA) is 93.5 Å². The Morgan fingerprint density at radius 1 is 0.915 bits per heavy atom. The lowest BCUT2D eigenvalue weighted by atomic mass is 9.85. The van der Waals surface area contributed by atoms with Crippen LogP contribution in [0.2, 0.25) is 0 Å². The highest BCUT2D eigenvalue weighted by Crippen LogP contribution is 2.41. The summed E-state index contributed by atoms with van der Waals surface area (Å²) in [6.07, 6.45) is -4.90. The molecule has 0 spiro atoms. The Balaban J connectivity index is 1.50. The first-order chi connectivity index (χ1) is 22.4. The molecule has 0 fully saturated rings. The predicted octanol–water partition coefficient (Wildman–Crippen LogP) is 7.48. The lowest BCUT2D eigenvalue weighted by Crippen LogP contribution is -2.25. The maximum absolute atomic E-state index is 14.2. The molecule has 6 rings (SSSR count). The van der Waals surface area contributed by atoms with Crippen LogP contribution in [-0.4, -0.2) is 33.6 Å². The van der Waals surface area contributed by atoms with E-state index in [-0.39, 0.29) is 24.3 Å². The Hall–Kier alpha value is -5.65. The van der Waals surface area contributed by atoms with E-state index in [0.29, 0.717) is 38.6 Å². The molecule has 7 nitrogen and oxygen atoms in total. The smallest absolute Gasteiger partial charge is 0.507 e. The second-order valence-corrected chi connectivity index (χ2v) is 10.7. The fourth-order valence-corrected chi connectivity index (χ4v) is 5.82. The molecule has 1 atom stereocenters. The third-order valence-electron chi connectivity index (χ3n) is 7.94. The van der Waals surface area contributed by atoms with Crippen molar-refractivity contribution in [3.63, 3.8) is 0 Å². The summed E-state index contributed by atoms with van der Waals surface area (Å²) in [6.45, 7) is -0.281. The molecule has 4 aromatic carbocycles. The summed E-state index contributed by atoms with van der Waals surface area (Å²) in [4.78, 5) is 29.9. The van der Waals surface area contributed by atoms with Gasteiger partial charge in [0.05, 0.1) is 29.2 Å². The first kappa shape index (κ1) is 31.3. The molecule has 0 saturated heterocycles. The number of esters is 1. The number of nitrogens with zero attached hydrogens (tertiary/aromatic N) is 1. The van der Waals surface area contributed by atoms with Crippen molar-refractivity contribution in [3.05, 3.63) is 141 Å². The minimum Gasteiger partial charge on any atom is -0.507 e. The van der Waals surface area contributed by atoms with Crippen LogP contribution >= 0.6 is 0 Å². The maximum atomic E-state index is 14.2. The molecule has 0 saturated carbocycles. The number of carbonyl (C=O) groups is 1. The van der Waals surface area contributed by atoms with Gasteiger partial charge >= 0.3 is 12.3 Å². The number of halogens is 5. The standard InChI is InChI=1S/C35H25F5N2O5/c1-42-27-12-5-3-8-23(27)32(43)29(33(42)44)28(19-13-15-20(16-14-19)47-35(38,39)40)31-22(21-7-2-4-11-26(21)41-31)17-18-46-34(45)24-9-6-10-25(36)30(24)37/h2-16,28,41,43H,17-18H2,1H3. The molecular formula is C35H25F5N2O5. The van der Waals surface area contributed by atoms with Crippen LogP contribution in [0.15, 0.2) is 95.8 Å². The largest absolute Gasteiger partial charge is 0.573 e. The van der Waals surface area contributed by atoms with Gasteiger partial charge in [-0.2, -0.15) is 0 Å². The van der Waals surface area contributed by atoms with E-state index in [1.54, 1.807) is 55.6 Å². The number of ether oxygens (including phenoxy) is 2. The lowest BCUT2D eigenvalue weighted by molar-refractivity contribution is -0.274. The van der Waals surface area contributed by atoms with Crippen molar-refractivity contribution in [2.24, 2.45) is 7.05 Å². The van der Waals surface area contributed by atoms with Crippen LogP contribution in [0.25, 0.3) is 21.8 Å². The summed E-state index contributed by atoms with van der Waals surface area (Å²) >= 11 is 0. The number of hydrogen-bond donors (Lipinski definition) is 2. The molecule has 0 bridgehead atoms. The SMILES string of the molecule is Cn1c(=O)c(C(c2ccc(OC(F)(F)F)cc2)c2[nH]c3ccccc3c2CCOC(=O)c2cccc(F)c2F)c(O)c2ccccc21. The first-order valence-electron chi connectivity index (χ1n) is 14.3. The van der Waals surface area contributed by atoms with E-state index in [9.17, 15) is 36.6 Å². The number of aromatic hydroxyl groups is 1. The number of aryl methyl sites for hydroxylation is 1. The second kappa shape index (κ2) is 12.3. The van der Waals surface area contributed by atoms with Crippen LogP contribution in [0.4, 0.5) is 22.0 Å². The van der Waals surface area contributed by atoms with E-state index in [1.807, 2.05) is 0 Å². The third kappa shape index (κ3) is 6.01. The van der Waals surface area contributed by atoms with E-state index >= 15 is 0 Å². The number of pyridine rings is 1. The quantitative estimate of drug-likeness (QED) is 0.132. The number of aromatic amines is 1. The van der Waals surface area contributed by atoms with Crippen LogP contribution in [-0.2, 0) is 18.2 Å². The Bertz CT molecular complexity index is 2190. The Labute approximate surface area is 263 Å². The second-order valence-electron chi connectivity index (χ2n) is 10.7. The molecule has 2 aromatic heterocycles. The zero-order valence-electron chi connectivity index (χ0n) is 24.6. The maximum Gasteiger partial charge on any atom is 0.573 e. The molecule has 1 unspecified atom stereocenters. The number of benzene rings is 4. The van der Waals surface area contributed by atoms with Gasteiger partial charge in [-0.15, -0.1) is 13.2 Å². The van der Waals surface area contributed by atoms with Crippen LogP contribution in [0, 0.1) is 11.6 Å². The Morgan fingerprint density at radius 3 is 2.32 bits per heavy atom. The van der Waals surface area contributed by atoms with Gasteiger partial charge in [0.15, 0.2) is 11.6 Å². The van der Waals surface area contributed by atoms with Gasteiger partial charge in [-0.05, 0) is 53.6 Å². The first-order valence-corrected chi connectivity index (χ1v) is 14.3. The molecule has 6 aromatic rings. The molecule has 2 heterocycles. The Kier molecular flexibility index (Phi) is 8.18. The molecule has 240 valence electrons. The normalized spacial score (nSPS) is 12.4. The summed E-state index contributed by atoms with van der Waals surface area (Å²) in [5.41, 5.74) is 1.19. The number of alkyl halides is 3. The van der Waals surface area contributed by atoms with Gasteiger partial charge in [-0.3, -0.25) is 4.79 Å². The number of rotatable bonds is 8. The van der Waals surface area contributed by atoms with Gasteiger partial charge < -0.3 is 24.1 Å². The van der Waals surface area contributed by atoms with E-state index in [2.05, 4.69) is 9.72 Å². The Morgan fingerprint density at radius 2 is 1.60 bits per heavy atom. The zero-order valence-corrected chi connectivity index (χ0v) is 24.6. The fourth-order valence-electron chi connectivity index (χ4n) is 5.82. The van der Waals surface area contributed by atoms with Gasteiger partial charge in [0.1, 0.15) is 11.5 Å². The van der Waals surface area contributed by atoms with Crippen LogP contribution in [0.5, 0.6) is 11.5 Å². The van der Waals surface area contributed by atoms with Gasteiger partial charge in [0.25, 0.3) is 5.56 Å². The van der Waals surface area contributed by atoms with Crippen molar-refractivity contribution in [1.29, 1.82) is 0 Å². The lowest BCUT2D eigenvalue weighted by Gasteiger charge is -2.22. The number of fused-ring (bicyclic) bond motifs is 2. The number of hydrogen-bond acceptors (Lipinski definition) is 5. The van der Waals surface area contributed by atoms with Crippen LogP contribution < -0.4 is 10.3 Å². The van der Waals surface area contributed by atoms with Crippen molar-refractivity contribution >= 4 is 27.8 Å². The molecule has 12 heteroatoms.